The molecule has 1 aliphatic heterocycles. The van der Waals surface area contributed by atoms with Crippen molar-refractivity contribution in [1.82, 2.24) is 14.9 Å². The maximum absolute atomic E-state index is 12.5. The lowest BCUT2D eigenvalue weighted by Crippen LogP contribution is -2.22. The topological polar surface area (TPSA) is 94.6 Å². The molecule has 4 rings (SSSR count). The van der Waals surface area contributed by atoms with Crippen LogP contribution in [0.25, 0.3) is 11.0 Å². The molecule has 0 saturated carbocycles. The fourth-order valence-corrected chi connectivity index (χ4v) is 3.04. The van der Waals surface area contributed by atoms with Gasteiger partial charge in [0.15, 0.2) is 11.5 Å². The van der Waals surface area contributed by atoms with Crippen LogP contribution < -0.4 is 20.5 Å². The number of fused-ring (bicyclic) bond motifs is 2. The van der Waals surface area contributed by atoms with Gasteiger partial charge in [0.2, 0.25) is 6.79 Å². The molecule has 3 aromatic rings. The molecular weight excluding hydrogens is 350 g/mol. The standard InChI is InChI=1S/C19H19N3O5/c1-25-7-6-22-15-4-3-13(9-14(15)21-19(22)24)18(23)20-10-12-2-5-16-17(8-12)27-11-26-16/h2-5,8-9H,6-7,10-11H2,1H3,(H,20,23)(H,21,24). The van der Waals surface area contributed by atoms with Gasteiger partial charge >= 0.3 is 5.69 Å². The Morgan fingerprint density at radius 1 is 1.22 bits per heavy atom. The summed E-state index contributed by atoms with van der Waals surface area (Å²) >= 11 is 0. The Hall–Kier alpha value is -3.26. The molecule has 0 radical (unpaired) electrons. The number of aromatic amines is 1. The van der Waals surface area contributed by atoms with Crippen molar-refractivity contribution in [2.45, 2.75) is 13.1 Å². The van der Waals surface area contributed by atoms with E-state index in [2.05, 4.69) is 10.3 Å². The first-order valence-corrected chi connectivity index (χ1v) is 8.54. The highest BCUT2D eigenvalue weighted by molar-refractivity contribution is 5.97. The molecule has 2 aromatic carbocycles. The molecule has 0 saturated heterocycles. The number of rotatable bonds is 6. The number of nitrogens with one attached hydrogen (secondary N) is 2. The number of amides is 1. The van der Waals surface area contributed by atoms with Crippen LogP contribution in [0, 0.1) is 0 Å². The third kappa shape index (κ3) is 3.39. The summed E-state index contributed by atoms with van der Waals surface area (Å²) in [6.07, 6.45) is 0. The summed E-state index contributed by atoms with van der Waals surface area (Å²) < 4.78 is 17.2. The maximum Gasteiger partial charge on any atom is 0.326 e. The molecule has 1 aromatic heterocycles. The van der Waals surface area contributed by atoms with Crippen molar-refractivity contribution in [2.75, 3.05) is 20.5 Å². The zero-order valence-corrected chi connectivity index (χ0v) is 14.8. The minimum absolute atomic E-state index is 0.216. The summed E-state index contributed by atoms with van der Waals surface area (Å²) in [6, 6.07) is 10.7. The lowest BCUT2D eigenvalue weighted by atomic mass is 10.1. The van der Waals surface area contributed by atoms with E-state index in [1.54, 1.807) is 29.9 Å². The van der Waals surface area contributed by atoms with Crippen LogP contribution in [0.4, 0.5) is 0 Å². The summed E-state index contributed by atoms with van der Waals surface area (Å²) in [4.78, 5) is 27.3. The lowest BCUT2D eigenvalue weighted by molar-refractivity contribution is 0.0951. The van der Waals surface area contributed by atoms with Gasteiger partial charge in [-0.2, -0.15) is 0 Å². The molecule has 1 aliphatic rings. The lowest BCUT2D eigenvalue weighted by Gasteiger charge is -2.07. The van der Waals surface area contributed by atoms with Gasteiger partial charge in [-0.1, -0.05) is 6.07 Å². The largest absolute Gasteiger partial charge is 0.454 e. The molecule has 8 heteroatoms. The van der Waals surface area contributed by atoms with Crippen LogP contribution in [0.5, 0.6) is 11.5 Å². The average Bonchev–Trinajstić information content (AvgIpc) is 3.26. The monoisotopic (exact) mass is 369 g/mol. The molecule has 0 fully saturated rings. The number of H-pyrrole nitrogens is 1. The third-order valence-electron chi connectivity index (χ3n) is 4.45. The quantitative estimate of drug-likeness (QED) is 0.689. The number of aromatic nitrogens is 2. The summed E-state index contributed by atoms with van der Waals surface area (Å²) in [5.41, 5.74) is 2.52. The van der Waals surface area contributed by atoms with Crippen LogP contribution in [0.15, 0.2) is 41.2 Å². The number of nitrogens with zero attached hydrogens (tertiary/aromatic N) is 1. The first-order chi connectivity index (χ1) is 13.2. The van der Waals surface area contributed by atoms with E-state index < -0.39 is 0 Å². The highest BCUT2D eigenvalue weighted by Gasteiger charge is 2.14. The number of hydrogen-bond acceptors (Lipinski definition) is 5. The molecule has 2 N–H and O–H groups in total. The number of methoxy groups -OCH3 is 1. The number of carbonyl (C=O) groups is 1. The average molecular weight is 369 g/mol. The van der Waals surface area contributed by atoms with E-state index in [0.29, 0.717) is 42.3 Å². The molecule has 2 heterocycles. The number of imidazole rings is 1. The molecule has 0 spiro atoms. The van der Waals surface area contributed by atoms with E-state index in [4.69, 9.17) is 14.2 Å². The zero-order valence-electron chi connectivity index (χ0n) is 14.8. The molecule has 0 unspecified atom stereocenters. The van der Waals surface area contributed by atoms with Crippen LogP contribution in [-0.2, 0) is 17.8 Å². The van der Waals surface area contributed by atoms with Crippen LogP contribution in [-0.4, -0.2) is 36.0 Å². The minimum atomic E-state index is -0.222. The number of benzene rings is 2. The Morgan fingerprint density at radius 2 is 2.07 bits per heavy atom. The fourth-order valence-electron chi connectivity index (χ4n) is 3.04. The van der Waals surface area contributed by atoms with E-state index >= 15 is 0 Å². The van der Waals surface area contributed by atoms with Crippen LogP contribution in [0.3, 0.4) is 0 Å². The van der Waals surface area contributed by atoms with E-state index in [9.17, 15) is 9.59 Å². The molecule has 140 valence electrons. The molecule has 0 bridgehead atoms. The van der Waals surface area contributed by atoms with Gasteiger partial charge in [-0.15, -0.1) is 0 Å². The molecular formula is C19H19N3O5. The Balaban J connectivity index is 1.48. The molecule has 0 aliphatic carbocycles. The predicted octanol–water partition coefficient (Wildman–Crippen LogP) is 1.63. The van der Waals surface area contributed by atoms with Crippen molar-refractivity contribution in [3.05, 3.63) is 58.0 Å². The van der Waals surface area contributed by atoms with Gasteiger partial charge in [0.25, 0.3) is 5.91 Å². The van der Waals surface area contributed by atoms with Gasteiger partial charge in [-0.3, -0.25) is 9.36 Å². The van der Waals surface area contributed by atoms with Crippen molar-refractivity contribution < 1.29 is 19.0 Å². The second-order valence-corrected chi connectivity index (χ2v) is 6.18. The fraction of sp³-hybridized carbons (Fsp3) is 0.263. The number of hydrogen-bond donors (Lipinski definition) is 2. The first-order valence-electron chi connectivity index (χ1n) is 8.54. The first kappa shape index (κ1) is 17.2. The summed E-state index contributed by atoms with van der Waals surface area (Å²) in [5.74, 6) is 1.16. The van der Waals surface area contributed by atoms with E-state index in [-0.39, 0.29) is 18.4 Å². The van der Waals surface area contributed by atoms with Crippen LogP contribution in [0.2, 0.25) is 0 Å². The summed E-state index contributed by atoms with van der Waals surface area (Å²) in [7, 11) is 1.59. The smallest absolute Gasteiger partial charge is 0.326 e. The van der Waals surface area contributed by atoms with Crippen molar-refractivity contribution in [1.29, 1.82) is 0 Å². The van der Waals surface area contributed by atoms with Crippen molar-refractivity contribution in [2.24, 2.45) is 0 Å². The predicted molar refractivity (Wildman–Crippen MR) is 98.2 cm³/mol. The van der Waals surface area contributed by atoms with Crippen molar-refractivity contribution in [3.8, 4) is 11.5 Å². The summed E-state index contributed by atoms with van der Waals surface area (Å²) in [6.45, 7) is 1.46. The summed E-state index contributed by atoms with van der Waals surface area (Å²) in [5, 5.41) is 2.87. The molecule has 0 atom stereocenters. The van der Waals surface area contributed by atoms with Gasteiger partial charge in [0, 0.05) is 19.2 Å². The SMILES string of the molecule is COCCn1c(=O)[nH]c2cc(C(=O)NCc3ccc4c(c3)OCO4)ccc21. The minimum Gasteiger partial charge on any atom is -0.454 e. The Bertz CT molecular complexity index is 1050. The highest BCUT2D eigenvalue weighted by atomic mass is 16.7. The van der Waals surface area contributed by atoms with Gasteiger partial charge < -0.3 is 24.5 Å². The van der Waals surface area contributed by atoms with Crippen molar-refractivity contribution in [3.63, 3.8) is 0 Å². The second-order valence-electron chi connectivity index (χ2n) is 6.18. The Labute approximate surface area is 154 Å². The third-order valence-corrected chi connectivity index (χ3v) is 4.45. The Morgan fingerprint density at radius 3 is 2.93 bits per heavy atom. The van der Waals surface area contributed by atoms with Crippen molar-refractivity contribution >= 4 is 16.9 Å². The normalized spacial score (nSPS) is 12.5. The number of carbonyl (C=O) groups excluding carboxylic acids is 1. The van der Waals surface area contributed by atoms with Crippen LogP contribution >= 0.6 is 0 Å². The van der Waals surface area contributed by atoms with Gasteiger partial charge in [0.1, 0.15) is 0 Å². The van der Waals surface area contributed by atoms with E-state index in [1.807, 2.05) is 18.2 Å². The van der Waals surface area contributed by atoms with Gasteiger partial charge in [0.05, 0.1) is 24.2 Å². The van der Waals surface area contributed by atoms with E-state index in [0.717, 1.165) is 11.1 Å². The van der Waals surface area contributed by atoms with Crippen LogP contribution in [0.1, 0.15) is 15.9 Å². The number of ether oxygens (including phenoxy) is 3. The van der Waals surface area contributed by atoms with E-state index in [1.165, 1.54) is 0 Å². The van der Waals surface area contributed by atoms with Gasteiger partial charge in [-0.25, -0.2) is 4.79 Å². The van der Waals surface area contributed by atoms with Gasteiger partial charge in [-0.05, 0) is 35.9 Å². The maximum atomic E-state index is 12.5. The molecule has 27 heavy (non-hydrogen) atoms. The Kier molecular flexibility index (Phi) is 4.55. The molecule has 1 amide bonds. The zero-order chi connectivity index (χ0) is 18.8. The second kappa shape index (κ2) is 7.16. The molecule has 8 nitrogen and oxygen atoms in total. The highest BCUT2D eigenvalue weighted by Crippen LogP contribution is 2.32.